The zero-order chi connectivity index (χ0) is 32.6. The van der Waals surface area contributed by atoms with E-state index in [-0.39, 0.29) is 40.5 Å². The van der Waals surface area contributed by atoms with E-state index in [0.717, 1.165) is 42.5 Å². The highest BCUT2D eigenvalue weighted by atomic mass is 19.4. The molecule has 1 spiro atoms. The van der Waals surface area contributed by atoms with Gasteiger partial charge in [-0.3, -0.25) is 14.5 Å². The van der Waals surface area contributed by atoms with Crippen molar-refractivity contribution in [2.75, 3.05) is 31.1 Å². The third kappa shape index (κ3) is 4.87. The van der Waals surface area contributed by atoms with Crippen LogP contribution in [0, 0.1) is 18.3 Å². The van der Waals surface area contributed by atoms with E-state index in [4.69, 9.17) is 4.52 Å². The highest BCUT2D eigenvalue weighted by Crippen LogP contribution is 2.53. The van der Waals surface area contributed by atoms with Gasteiger partial charge >= 0.3 is 6.18 Å². The lowest BCUT2D eigenvalue weighted by atomic mass is 9.57. The highest BCUT2D eigenvalue weighted by molar-refractivity contribution is 6.10. The van der Waals surface area contributed by atoms with Gasteiger partial charge in [-0.1, -0.05) is 30.8 Å². The van der Waals surface area contributed by atoms with Gasteiger partial charge in [-0.25, -0.2) is 0 Å². The molecule has 0 unspecified atom stereocenters. The zero-order valence-electron chi connectivity index (χ0n) is 26.5. The number of rotatable bonds is 6. The Bertz CT molecular complexity index is 1730. The second kappa shape index (κ2) is 10.8. The minimum Gasteiger partial charge on any atom is -0.364 e. The summed E-state index contributed by atoms with van der Waals surface area (Å²) in [7, 11) is 0. The lowest BCUT2D eigenvalue weighted by molar-refractivity contribution is -0.138. The standard InChI is InChI=1S/C36H39F3N4O3/c1-5-31(44)42-12-10-34(21-42)9-11-41(20-34)24(4)25-13-28-29(30(14-25)36(37,38)39)18-43(33(28)45)27-8-6-7-26(15-27)35(16-22(2)17-35)32-23(3)19-46-40-32/h5-8,13-15,19,22,24H,1,9-12,16-18,20-21H2,2-4H3/t22?,24-,34-,35?/m0/s1. The predicted octanol–water partition coefficient (Wildman–Crippen LogP) is 7.05. The molecule has 3 aliphatic heterocycles. The molecule has 3 fully saturated rings. The van der Waals surface area contributed by atoms with E-state index in [1.165, 1.54) is 17.0 Å². The van der Waals surface area contributed by atoms with Crippen LogP contribution in [0.5, 0.6) is 0 Å². The quantitative estimate of drug-likeness (QED) is 0.273. The number of likely N-dealkylation sites (tertiary alicyclic amines) is 2. The van der Waals surface area contributed by atoms with E-state index in [9.17, 15) is 22.8 Å². The van der Waals surface area contributed by atoms with Crippen molar-refractivity contribution < 1.29 is 27.3 Å². The normalized spacial score (nSPS) is 26.9. The summed E-state index contributed by atoms with van der Waals surface area (Å²) in [5, 5.41) is 4.33. The van der Waals surface area contributed by atoms with E-state index < -0.39 is 17.6 Å². The van der Waals surface area contributed by atoms with Crippen LogP contribution >= 0.6 is 0 Å². The van der Waals surface area contributed by atoms with Gasteiger partial charge in [0.1, 0.15) is 6.26 Å². The first-order valence-corrected chi connectivity index (χ1v) is 16.1. The molecule has 2 amide bonds. The summed E-state index contributed by atoms with van der Waals surface area (Å²) >= 11 is 0. The van der Waals surface area contributed by atoms with Crippen LogP contribution in [0.25, 0.3) is 0 Å². The molecule has 1 saturated carbocycles. The number of halogens is 3. The van der Waals surface area contributed by atoms with Crippen molar-refractivity contribution in [3.8, 4) is 0 Å². The first-order chi connectivity index (χ1) is 21.8. The maximum Gasteiger partial charge on any atom is 0.416 e. The van der Waals surface area contributed by atoms with Crippen molar-refractivity contribution in [2.45, 2.75) is 70.6 Å². The topological polar surface area (TPSA) is 69.9 Å². The second-order valence-corrected chi connectivity index (χ2v) is 14.1. The lowest BCUT2D eigenvalue weighted by Gasteiger charge is -2.46. The van der Waals surface area contributed by atoms with Crippen LogP contribution in [0.15, 0.2) is 59.8 Å². The Kier molecular flexibility index (Phi) is 7.23. The van der Waals surface area contributed by atoms with Crippen LogP contribution in [-0.4, -0.2) is 52.9 Å². The number of benzene rings is 2. The Morgan fingerprint density at radius 1 is 1.15 bits per heavy atom. The summed E-state index contributed by atoms with van der Waals surface area (Å²) in [6, 6.07) is 10.2. The van der Waals surface area contributed by atoms with Crippen LogP contribution in [0.1, 0.15) is 89.4 Å². The molecule has 4 aliphatic rings. The zero-order valence-corrected chi connectivity index (χ0v) is 26.5. The first-order valence-electron chi connectivity index (χ1n) is 16.1. The number of aryl methyl sites for hydroxylation is 1. The third-order valence-electron chi connectivity index (χ3n) is 11.1. The summed E-state index contributed by atoms with van der Waals surface area (Å²) in [5.74, 6) is -0.0244. The summed E-state index contributed by atoms with van der Waals surface area (Å²) in [5.41, 5.74) is 2.81. The number of amides is 2. The molecule has 242 valence electrons. The first kappa shape index (κ1) is 30.7. The number of nitrogens with zero attached hydrogens (tertiary/aromatic N) is 4. The maximum absolute atomic E-state index is 14.6. The molecular formula is C36H39F3N4O3. The van der Waals surface area contributed by atoms with Crippen LogP contribution in [0.3, 0.4) is 0 Å². The van der Waals surface area contributed by atoms with Crippen LogP contribution < -0.4 is 4.90 Å². The van der Waals surface area contributed by atoms with Gasteiger partial charge in [0.25, 0.3) is 5.91 Å². The SMILES string of the molecule is C=CC(=O)N1CC[C@]2(CCN([C@@H](C)c3cc4c(c(C(F)(F)F)c3)CN(c3cccc(C5(c6nocc6C)CC(C)C5)c3)C4=O)C2)C1. The molecule has 0 bridgehead atoms. The number of fused-ring (bicyclic) bond motifs is 1. The van der Waals surface area contributed by atoms with Gasteiger partial charge in [-0.2, -0.15) is 13.2 Å². The largest absolute Gasteiger partial charge is 0.416 e. The predicted molar refractivity (Wildman–Crippen MR) is 167 cm³/mol. The summed E-state index contributed by atoms with van der Waals surface area (Å²) in [6.07, 6.45) is 1.82. The Morgan fingerprint density at radius 2 is 1.91 bits per heavy atom. The monoisotopic (exact) mass is 632 g/mol. The number of hydrogen-bond acceptors (Lipinski definition) is 5. The van der Waals surface area contributed by atoms with Gasteiger partial charge in [-0.15, -0.1) is 0 Å². The van der Waals surface area contributed by atoms with E-state index >= 15 is 0 Å². The molecule has 46 heavy (non-hydrogen) atoms. The van der Waals surface area contributed by atoms with Crippen LogP contribution in [0.4, 0.5) is 18.9 Å². The van der Waals surface area contributed by atoms with E-state index in [2.05, 4.69) is 23.6 Å². The fourth-order valence-electron chi connectivity index (χ4n) is 8.65. The maximum atomic E-state index is 14.6. The van der Waals surface area contributed by atoms with Crippen molar-refractivity contribution in [3.63, 3.8) is 0 Å². The van der Waals surface area contributed by atoms with Crippen molar-refractivity contribution in [1.82, 2.24) is 15.0 Å². The molecule has 2 saturated heterocycles. The second-order valence-electron chi connectivity index (χ2n) is 14.1. The van der Waals surface area contributed by atoms with Gasteiger partial charge in [-0.05, 0) is 99.0 Å². The van der Waals surface area contributed by atoms with E-state index in [0.29, 0.717) is 43.3 Å². The van der Waals surface area contributed by atoms with E-state index in [1.807, 2.05) is 32.0 Å². The molecule has 0 radical (unpaired) electrons. The molecule has 7 nitrogen and oxygen atoms in total. The summed E-state index contributed by atoms with van der Waals surface area (Å²) in [6.45, 7) is 12.2. The molecule has 2 aromatic carbocycles. The fraction of sp³-hybridized carbons (Fsp3) is 0.472. The Hall–Kier alpha value is -3.92. The summed E-state index contributed by atoms with van der Waals surface area (Å²) in [4.78, 5) is 31.6. The van der Waals surface area contributed by atoms with E-state index in [1.54, 1.807) is 23.3 Å². The van der Waals surface area contributed by atoms with Gasteiger partial charge in [0.05, 0.1) is 17.8 Å². The van der Waals surface area contributed by atoms with Crippen molar-refractivity contribution in [3.05, 3.63) is 94.4 Å². The molecule has 0 N–H and O–H groups in total. The average molecular weight is 633 g/mol. The Morgan fingerprint density at radius 3 is 2.59 bits per heavy atom. The molecule has 1 aromatic heterocycles. The van der Waals surface area contributed by atoms with Crippen molar-refractivity contribution in [1.29, 1.82) is 0 Å². The minimum atomic E-state index is -4.61. The van der Waals surface area contributed by atoms with Crippen LogP contribution in [0.2, 0.25) is 0 Å². The number of alkyl halides is 3. The van der Waals surface area contributed by atoms with Crippen LogP contribution in [-0.2, 0) is 22.9 Å². The molecule has 3 aromatic rings. The number of aromatic nitrogens is 1. The molecule has 10 heteroatoms. The van der Waals surface area contributed by atoms with Gasteiger partial charge in [0.2, 0.25) is 5.91 Å². The van der Waals surface area contributed by atoms with Gasteiger partial charge in [0.15, 0.2) is 0 Å². The van der Waals surface area contributed by atoms with Crippen molar-refractivity contribution in [2.24, 2.45) is 11.3 Å². The number of carbonyl (C=O) groups is 2. The van der Waals surface area contributed by atoms with Gasteiger partial charge in [0, 0.05) is 53.3 Å². The minimum absolute atomic E-state index is 0.0189. The highest BCUT2D eigenvalue weighted by Gasteiger charge is 2.49. The fourth-order valence-corrected chi connectivity index (χ4v) is 8.65. The third-order valence-corrected chi connectivity index (χ3v) is 11.1. The number of anilines is 1. The molecular weight excluding hydrogens is 593 g/mol. The lowest BCUT2D eigenvalue weighted by Crippen LogP contribution is -2.42. The molecule has 7 rings (SSSR count). The smallest absolute Gasteiger partial charge is 0.364 e. The Labute approximate surface area is 267 Å². The molecule has 1 aliphatic carbocycles. The summed E-state index contributed by atoms with van der Waals surface area (Å²) < 4.78 is 49.1. The molecule has 2 atom stereocenters. The number of hydrogen-bond donors (Lipinski definition) is 0. The Balaban J connectivity index is 1.18. The molecule has 4 heterocycles. The van der Waals surface area contributed by atoms with Gasteiger partial charge < -0.3 is 14.3 Å². The average Bonchev–Trinajstić information content (AvgIpc) is 3.81. The van der Waals surface area contributed by atoms with Crippen molar-refractivity contribution >= 4 is 17.5 Å². The number of carbonyl (C=O) groups excluding carboxylic acids is 2.